The number of rotatable bonds is 6. The Balaban J connectivity index is 0.00000256. The summed E-state index contributed by atoms with van der Waals surface area (Å²) in [4.78, 5) is 2.14. The van der Waals surface area contributed by atoms with Crippen molar-refractivity contribution in [2.24, 2.45) is 7.05 Å². The smallest absolute Gasteiger partial charge is 0.215 e. The van der Waals surface area contributed by atoms with Crippen molar-refractivity contribution in [3.8, 4) is 0 Å². The zero-order chi connectivity index (χ0) is 12.1. The molecule has 4 nitrogen and oxygen atoms in total. The molecule has 0 aromatic carbocycles. The topological polar surface area (TPSA) is 33.1 Å². The van der Waals surface area contributed by atoms with E-state index in [0.29, 0.717) is 12.1 Å². The van der Waals surface area contributed by atoms with Crippen LogP contribution < -0.4 is 5.32 Å². The lowest BCUT2D eigenvalue weighted by molar-refractivity contribution is 0.393. The van der Waals surface area contributed by atoms with Gasteiger partial charge in [-0.3, -0.25) is 0 Å². The lowest BCUT2D eigenvalue weighted by Gasteiger charge is -2.09. The van der Waals surface area contributed by atoms with E-state index in [4.69, 9.17) is 0 Å². The first-order valence-electron chi connectivity index (χ1n) is 5.55. The minimum absolute atomic E-state index is 0. The number of nitrogens with zero attached hydrogens (tertiary/aromatic N) is 3. The number of aryl methyl sites for hydroxylation is 2. The fourth-order valence-corrected chi connectivity index (χ4v) is 1.61. The Kier molecular flexibility index (Phi) is 7.34. The van der Waals surface area contributed by atoms with Crippen molar-refractivity contribution in [3.05, 3.63) is 17.2 Å². The number of halogens is 2. The fraction of sp³-hybridized carbons (Fsp3) is 0.727. The minimum Gasteiger partial charge on any atom is -0.312 e. The Morgan fingerprint density at radius 2 is 2.06 bits per heavy atom. The summed E-state index contributed by atoms with van der Waals surface area (Å²) in [5.74, 6) is -0.238. The molecule has 0 unspecified atom stereocenters. The number of hydrogen-bond acceptors (Lipinski definition) is 3. The molecule has 1 aromatic heterocycles. The molecule has 100 valence electrons. The van der Waals surface area contributed by atoms with E-state index in [1.54, 1.807) is 7.05 Å². The van der Waals surface area contributed by atoms with Crippen LogP contribution in [0.15, 0.2) is 0 Å². The van der Waals surface area contributed by atoms with Crippen LogP contribution in [-0.4, -0.2) is 41.9 Å². The van der Waals surface area contributed by atoms with E-state index in [0.717, 1.165) is 25.2 Å². The van der Waals surface area contributed by atoms with Crippen molar-refractivity contribution in [2.75, 3.05) is 27.2 Å². The molecule has 6 heteroatoms. The van der Waals surface area contributed by atoms with E-state index in [1.165, 1.54) is 4.68 Å². The molecule has 0 aliphatic heterocycles. The largest absolute Gasteiger partial charge is 0.312 e. The standard InChI is InChI=1S/C11H21FN4.ClH/c1-9-10(11(12)16(4)14-9)8-13-6-5-7-15(2)3;/h13H,5-8H2,1-4H3;1H. The molecule has 0 aliphatic rings. The van der Waals surface area contributed by atoms with Crippen LogP contribution in [0.25, 0.3) is 0 Å². The Morgan fingerprint density at radius 3 is 2.53 bits per heavy atom. The van der Waals surface area contributed by atoms with Gasteiger partial charge in [-0.1, -0.05) is 0 Å². The first kappa shape index (κ1) is 16.4. The lowest BCUT2D eigenvalue weighted by Crippen LogP contribution is -2.21. The van der Waals surface area contributed by atoms with Gasteiger partial charge in [0.2, 0.25) is 5.95 Å². The third-order valence-corrected chi connectivity index (χ3v) is 2.53. The molecule has 0 amide bonds. The molecular formula is C11H22ClFN4. The van der Waals surface area contributed by atoms with Gasteiger partial charge in [0.15, 0.2) is 0 Å². The van der Waals surface area contributed by atoms with E-state index in [9.17, 15) is 4.39 Å². The van der Waals surface area contributed by atoms with E-state index in [1.807, 2.05) is 21.0 Å². The molecule has 0 fully saturated rings. The highest BCUT2D eigenvalue weighted by Gasteiger charge is 2.11. The highest BCUT2D eigenvalue weighted by Crippen LogP contribution is 2.10. The predicted octanol–water partition coefficient (Wildman–Crippen LogP) is 1.33. The van der Waals surface area contributed by atoms with Crippen LogP contribution in [0, 0.1) is 12.9 Å². The summed E-state index contributed by atoms with van der Waals surface area (Å²) in [5, 5.41) is 7.26. The molecule has 17 heavy (non-hydrogen) atoms. The molecule has 1 rings (SSSR count). The quantitative estimate of drug-likeness (QED) is 0.787. The van der Waals surface area contributed by atoms with E-state index >= 15 is 0 Å². The van der Waals surface area contributed by atoms with Crippen LogP contribution in [-0.2, 0) is 13.6 Å². The predicted molar refractivity (Wildman–Crippen MR) is 70.0 cm³/mol. The van der Waals surface area contributed by atoms with E-state index in [2.05, 4.69) is 15.3 Å². The van der Waals surface area contributed by atoms with Crippen molar-refractivity contribution in [1.82, 2.24) is 20.0 Å². The Bertz CT molecular complexity index is 338. The average Bonchev–Trinajstić information content (AvgIpc) is 2.43. The van der Waals surface area contributed by atoms with Crippen LogP contribution in [0.2, 0.25) is 0 Å². The summed E-state index contributed by atoms with van der Waals surface area (Å²) in [7, 11) is 5.72. The first-order valence-corrected chi connectivity index (χ1v) is 5.55. The number of aromatic nitrogens is 2. The van der Waals surface area contributed by atoms with Gasteiger partial charge in [0.05, 0.1) is 5.69 Å². The van der Waals surface area contributed by atoms with Gasteiger partial charge in [-0.15, -0.1) is 12.4 Å². The molecule has 0 atom stereocenters. The first-order chi connectivity index (χ1) is 7.52. The van der Waals surface area contributed by atoms with Gasteiger partial charge >= 0.3 is 0 Å². The molecule has 0 aliphatic carbocycles. The summed E-state index contributed by atoms with van der Waals surface area (Å²) in [6, 6.07) is 0. The van der Waals surface area contributed by atoms with Gasteiger partial charge in [-0.2, -0.15) is 9.49 Å². The van der Waals surface area contributed by atoms with Gasteiger partial charge in [0.25, 0.3) is 0 Å². The molecular weight excluding hydrogens is 243 g/mol. The van der Waals surface area contributed by atoms with Gasteiger partial charge in [-0.25, -0.2) is 4.68 Å². The summed E-state index contributed by atoms with van der Waals surface area (Å²) >= 11 is 0. The Labute approximate surface area is 109 Å². The normalized spacial score (nSPS) is 10.7. The molecule has 0 bridgehead atoms. The maximum atomic E-state index is 13.5. The molecule has 0 radical (unpaired) electrons. The maximum absolute atomic E-state index is 13.5. The summed E-state index contributed by atoms with van der Waals surface area (Å²) < 4.78 is 14.8. The van der Waals surface area contributed by atoms with Gasteiger partial charge in [0, 0.05) is 19.2 Å². The molecule has 1 N–H and O–H groups in total. The fourth-order valence-electron chi connectivity index (χ4n) is 1.61. The molecule has 0 spiro atoms. The second kappa shape index (κ2) is 7.63. The van der Waals surface area contributed by atoms with Gasteiger partial charge in [0.1, 0.15) is 0 Å². The molecule has 1 aromatic rings. The molecule has 0 saturated carbocycles. The number of nitrogens with one attached hydrogen (secondary N) is 1. The van der Waals surface area contributed by atoms with Gasteiger partial charge < -0.3 is 10.2 Å². The zero-order valence-corrected chi connectivity index (χ0v) is 11.8. The van der Waals surface area contributed by atoms with Crippen molar-refractivity contribution in [1.29, 1.82) is 0 Å². The zero-order valence-electron chi connectivity index (χ0n) is 11.0. The van der Waals surface area contributed by atoms with Crippen molar-refractivity contribution in [2.45, 2.75) is 19.9 Å². The highest BCUT2D eigenvalue weighted by molar-refractivity contribution is 5.85. The van der Waals surface area contributed by atoms with Gasteiger partial charge in [-0.05, 0) is 40.5 Å². The van der Waals surface area contributed by atoms with Crippen molar-refractivity contribution in [3.63, 3.8) is 0 Å². The van der Waals surface area contributed by atoms with Crippen molar-refractivity contribution >= 4 is 12.4 Å². The molecule has 1 heterocycles. The highest BCUT2D eigenvalue weighted by atomic mass is 35.5. The van der Waals surface area contributed by atoms with Crippen LogP contribution >= 0.6 is 12.4 Å². The van der Waals surface area contributed by atoms with E-state index < -0.39 is 0 Å². The Hall–Kier alpha value is -0.650. The molecule has 0 saturated heterocycles. The summed E-state index contributed by atoms with van der Waals surface area (Å²) in [6.07, 6.45) is 1.06. The summed E-state index contributed by atoms with van der Waals surface area (Å²) in [5.41, 5.74) is 1.44. The monoisotopic (exact) mass is 264 g/mol. The second-order valence-electron chi connectivity index (χ2n) is 4.31. The Morgan fingerprint density at radius 1 is 1.41 bits per heavy atom. The third-order valence-electron chi connectivity index (χ3n) is 2.53. The van der Waals surface area contributed by atoms with Crippen molar-refractivity contribution < 1.29 is 4.39 Å². The second-order valence-corrected chi connectivity index (χ2v) is 4.31. The minimum atomic E-state index is -0.238. The van der Waals surface area contributed by atoms with Crippen LogP contribution in [0.4, 0.5) is 4.39 Å². The average molecular weight is 265 g/mol. The lowest BCUT2D eigenvalue weighted by atomic mass is 10.2. The van der Waals surface area contributed by atoms with E-state index in [-0.39, 0.29) is 18.4 Å². The van der Waals surface area contributed by atoms with Crippen LogP contribution in [0.5, 0.6) is 0 Å². The van der Waals surface area contributed by atoms with Crippen LogP contribution in [0.1, 0.15) is 17.7 Å². The SMILES string of the molecule is Cc1nn(C)c(F)c1CNCCCN(C)C.Cl. The maximum Gasteiger partial charge on any atom is 0.215 e. The number of hydrogen-bond donors (Lipinski definition) is 1. The summed E-state index contributed by atoms with van der Waals surface area (Å²) in [6.45, 7) is 4.33. The third kappa shape index (κ3) is 5.02. The van der Waals surface area contributed by atoms with Crippen LogP contribution in [0.3, 0.4) is 0 Å².